The lowest BCUT2D eigenvalue weighted by Crippen LogP contribution is -2.54. The number of hydrogen-bond donors (Lipinski definition) is 1. The van der Waals surface area contributed by atoms with Gasteiger partial charge in [-0.25, -0.2) is 13.4 Å². The Bertz CT molecular complexity index is 959. The molecule has 28 heavy (non-hydrogen) atoms. The van der Waals surface area contributed by atoms with Crippen LogP contribution in [0, 0.1) is 6.92 Å². The van der Waals surface area contributed by atoms with E-state index in [1.165, 1.54) is 12.8 Å². The van der Waals surface area contributed by atoms with E-state index in [0.29, 0.717) is 18.5 Å². The number of nitrogens with zero attached hydrogens (tertiary/aromatic N) is 2. The Balaban J connectivity index is 1.54. The zero-order valence-electron chi connectivity index (χ0n) is 16.0. The van der Waals surface area contributed by atoms with Crippen molar-refractivity contribution in [2.75, 3.05) is 23.3 Å². The molecular formula is C21H25N3O3S. The van der Waals surface area contributed by atoms with E-state index in [2.05, 4.69) is 15.2 Å². The number of carbonyl (C=O) groups is 1. The predicted octanol–water partition coefficient (Wildman–Crippen LogP) is 3.33. The molecule has 6 nitrogen and oxygen atoms in total. The van der Waals surface area contributed by atoms with Crippen LogP contribution in [0.3, 0.4) is 0 Å². The van der Waals surface area contributed by atoms with Crippen LogP contribution in [0.15, 0.2) is 47.5 Å². The van der Waals surface area contributed by atoms with Crippen LogP contribution in [0.4, 0.5) is 11.5 Å². The van der Waals surface area contributed by atoms with Gasteiger partial charge in [0.05, 0.1) is 16.8 Å². The molecule has 148 valence electrons. The predicted molar refractivity (Wildman–Crippen MR) is 109 cm³/mol. The zero-order chi connectivity index (χ0) is 19.8. The van der Waals surface area contributed by atoms with Gasteiger partial charge < -0.3 is 10.2 Å². The van der Waals surface area contributed by atoms with Crippen LogP contribution in [0.2, 0.25) is 0 Å². The Morgan fingerprint density at radius 3 is 2.25 bits per heavy atom. The van der Waals surface area contributed by atoms with Gasteiger partial charge in [-0.2, -0.15) is 0 Å². The third kappa shape index (κ3) is 3.17. The number of pyridine rings is 1. The highest BCUT2D eigenvalue weighted by Gasteiger charge is 2.55. The average Bonchev–Trinajstić information content (AvgIpc) is 3.16. The SMILES string of the molecule is Cc1ccc(S(=O)(=O)C2(C(=O)Nc3ccc(N4CCCC4)nc3)CCC2)cc1. The Labute approximate surface area is 165 Å². The minimum absolute atomic E-state index is 0.204. The van der Waals surface area contributed by atoms with Gasteiger partial charge in [0.15, 0.2) is 14.6 Å². The fourth-order valence-electron chi connectivity index (χ4n) is 3.90. The van der Waals surface area contributed by atoms with Crippen LogP contribution in [0.1, 0.15) is 37.7 Å². The molecular weight excluding hydrogens is 374 g/mol. The maximum atomic E-state index is 13.2. The topological polar surface area (TPSA) is 79.4 Å². The normalized spacial score (nSPS) is 18.5. The van der Waals surface area contributed by atoms with Crippen molar-refractivity contribution in [1.82, 2.24) is 4.98 Å². The Kier molecular flexibility index (Phi) is 4.87. The molecule has 2 fully saturated rings. The number of amides is 1. The molecule has 4 rings (SSSR count). The third-order valence-corrected chi connectivity index (χ3v) is 8.37. The summed E-state index contributed by atoms with van der Waals surface area (Å²) < 4.78 is 25.1. The van der Waals surface area contributed by atoms with Crippen molar-refractivity contribution >= 4 is 27.2 Å². The van der Waals surface area contributed by atoms with E-state index in [1.54, 1.807) is 36.5 Å². The maximum absolute atomic E-state index is 13.2. The van der Waals surface area contributed by atoms with Gasteiger partial charge in [-0.1, -0.05) is 17.7 Å². The highest BCUT2D eigenvalue weighted by molar-refractivity contribution is 7.93. The molecule has 7 heteroatoms. The van der Waals surface area contributed by atoms with Crippen LogP contribution in [0.25, 0.3) is 0 Å². The van der Waals surface area contributed by atoms with E-state index >= 15 is 0 Å². The number of carbonyl (C=O) groups excluding carboxylic acids is 1. The van der Waals surface area contributed by atoms with Gasteiger partial charge >= 0.3 is 0 Å². The van der Waals surface area contributed by atoms with E-state index in [4.69, 9.17) is 0 Å². The molecule has 1 N–H and O–H groups in total. The van der Waals surface area contributed by atoms with Gasteiger partial charge in [0.2, 0.25) is 5.91 Å². The summed E-state index contributed by atoms with van der Waals surface area (Å²) in [5, 5.41) is 2.79. The lowest BCUT2D eigenvalue weighted by atomic mass is 9.83. The van der Waals surface area contributed by atoms with E-state index in [0.717, 1.165) is 30.9 Å². The molecule has 1 saturated carbocycles. The summed E-state index contributed by atoms with van der Waals surface area (Å²) in [7, 11) is -3.76. The molecule has 1 amide bonds. The number of rotatable bonds is 5. The Hall–Kier alpha value is -2.41. The average molecular weight is 400 g/mol. The van der Waals surface area contributed by atoms with Crippen LogP contribution < -0.4 is 10.2 Å². The quantitative estimate of drug-likeness (QED) is 0.834. The minimum Gasteiger partial charge on any atom is -0.357 e. The fraction of sp³-hybridized carbons (Fsp3) is 0.429. The largest absolute Gasteiger partial charge is 0.357 e. The van der Waals surface area contributed by atoms with E-state index in [9.17, 15) is 13.2 Å². The number of anilines is 2. The Morgan fingerprint density at radius 2 is 1.71 bits per heavy atom. The minimum atomic E-state index is -3.76. The van der Waals surface area contributed by atoms with E-state index in [1.807, 2.05) is 13.0 Å². The highest BCUT2D eigenvalue weighted by Crippen LogP contribution is 2.43. The van der Waals surface area contributed by atoms with Gasteiger partial charge in [0.1, 0.15) is 5.82 Å². The second kappa shape index (κ2) is 7.20. The molecule has 0 spiro atoms. The zero-order valence-corrected chi connectivity index (χ0v) is 16.8. The number of aryl methyl sites for hydroxylation is 1. The summed E-state index contributed by atoms with van der Waals surface area (Å²) in [6.45, 7) is 3.90. The summed E-state index contributed by atoms with van der Waals surface area (Å²) in [6, 6.07) is 10.4. The second-order valence-corrected chi connectivity index (χ2v) is 9.98. The summed E-state index contributed by atoms with van der Waals surface area (Å²) >= 11 is 0. The number of benzene rings is 1. The number of aromatic nitrogens is 1. The van der Waals surface area contributed by atoms with Crippen molar-refractivity contribution in [1.29, 1.82) is 0 Å². The molecule has 2 heterocycles. The summed E-state index contributed by atoms with van der Waals surface area (Å²) in [5.41, 5.74) is 1.51. The van der Waals surface area contributed by atoms with Gasteiger partial charge in [0.25, 0.3) is 0 Å². The first-order valence-electron chi connectivity index (χ1n) is 9.76. The van der Waals surface area contributed by atoms with Gasteiger partial charge in [-0.3, -0.25) is 4.79 Å². The lowest BCUT2D eigenvalue weighted by molar-refractivity contribution is -0.120. The van der Waals surface area contributed by atoms with Gasteiger partial charge in [0, 0.05) is 13.1 Å². The van der Waals surface area contributed by atoms with Crippen molar-refractivity contribution in [3.8, 4) is 0 Å². The molecule has 2 aliphatic rings. The first-order chi connectivity index (χ1) is 13.4. The van der Waals surface area contributed by atoms with E-state index in [-0.39, 0.29) is 4.90 Å². The smallest absolute Gasteiger partial charge is 0.246 e. The molecule has 1 saturated heterocycles. The molecule has 0 atom stereocenters. The molecule has 1 aromatic carbocycles. The maximum Gasteiger partial charge on any atom is 0.246 e. The van der Waals surface area contributed by atoms with Gasteiger partial charge in [-0.05, 0) is 63.3 Å². The molecule has 0 bridgehead atoms. The van der Waals surface area contributed by atoms with Crippen molar-refractivity contribution < 1.29 is 13.2 Å². The summed E-state index contributed by atoms with van der Waals surface area (Å²) in [6.07, 6.45) is 5.35. The molecule has 0 unspecified atom stereocenters. The fourth-order valence-corrected chi connectivity index (χ4v) is 5.96. The van der Waals surface area contributed by atoms with Crippen LogP contribution in [-0.2, 0) is 14.6 Å². The number of nitrogens with one attached hydrogen (secondary N) is 1. The van der Waals surface area contributed by atoms with Crippen LogP contribution >= 0.6 is 0 Å². The Morgan fingerprint density at radius 1 is 1.04 bits per heavy atom. The summed E-state index contributed by atoms with van der Waals surface area (Å²) in [4.78, 5) is 19.9. The third-order valence-electron chi connectivity index (χ3n) is 5.86. The second-order valence-electron chi connectivity index (χ2n) is 7.72. The van der Waals surface area contributed by atoms with E-state index < -0.39 is 20.5 Å². The summed E-state index contributed by atoms with van der Waals surface area (Å²) in [5.74, 6) is 0.427. The van der Waals surface area contributed by atoms with Gasteiger partial charge in [-0.15, -0.1) is 0 Å². The van der Waals surface area contributed by atoms with Crippen LogP contribution in [-0.4, -0.2) is 37.1 Å². The van der Waals surface area contributed by atoms with Crippen LogP contribution in [0.5, 0.6) is 0 Å². The standard InChI is InChI=1S/C21H25N3O3S/c1-16-5-8-18(9-6-16)28(26,27)21(11-4-12-21)20(25)23-17-7-10-19(22-15-17)24-13-2-3-14-24/h5-10,15H,2-4,11-14H2,1H3,(H,23,25). The first-order valence-corrected chi connectivity index (χ1v) is 11.2. The highest BCUT2D eigenvalue weighted by atomic mass is 32.2. The molecule has 0 radical (unpaired) electrons. The molecule has 2 aromatic rings. The molecule has 1 aliphatic carbocycles. The lowest BCUT2D eigenvalue weighted by Gasteiger charge is -2.39. The number of hydrogen-bond acceptors (Lipinski definition) is 5. The van der Waals surface area contributed by atoms with Crippen molar-refractivity contribution in [3.63, 3.8) is 0 Å². The number of sulfone groups is 1. The first kappa shape index (κ1) is 18.9. The molecule has 1 aliphatic heterocycles. The molecule has 1 aromatic heterocycles. The monoisotopic (exact) mass is 399 g/mol. The van der Waals surface area contributed by atoms with Crippen molar-refractivity contribution in [2.45, 2.75) is 48.7 Å². The van der Waals surface area contributed by atoms with Crippen molar-refractivity contribution in [2.24, 2.45) is 0 Å². The van der Waals surface area contributed by atoms with Crippen molar-refractivity contribution in [3.05, 3.63) is 48.2 Å².